The van der Waals surface area contributed by atoms with Crippen molar-refractivity contribution in [3.05, 3.63) is 35.3 Å². The van der Waals surface area contributed by atoms with Crippen LogP contribution in [0.25, 0.3) is 0 Å². The zero-order valence-electron chi connectivity index (χ0n) is 7.44. The second-order valence-electron chi connectivity index (χ2n) is 2.66. The van der Waals surface area contributed by atoms with Gasteiger partial charge in [-0.15, -0.1) is 4.86 Å². The molecule has 0 aliphatic carbocycles. The SMILES string of the molecule is CN(C)N=[N+]([O-])c1ccccc1F. The summed E-state index contributed by atoms with van der Waals surface area (Å²) in [4.78, 5) is 0.245. The summed E-state index contributed by atoms with van der Waals surface area (Å²) in [5, 5.41) is 15.9. The van der Waals surface area contributed by atoms with Crippen molar-refractivity contribution in [1.82, 2.24) is 5.01 Å². The number of halogens is 1. The Morgan fingerprint density at radius 1 is 1.38 bits per heavy atom. The molecule has 0 aliphatic rings. The molecular weight excluding hydrogens is 173 g/mol. The summed E-state index contributed by atoms with van der Waals surface area (Å²) in [5.41, 5.74) is -0.0869. The van der Waals surface area contributed by atoms with E-state index in [0.29, 0.717) is 0 Å². The minimum absolute atomic E-state index is 0.0869. The van der Waals surface area contributed by atoms with Crippen LogP contribution in [0.15, 0.2) is 29.5 Å². The van der Waals surface area contributed by atoms with E-state index >= 15 is 0 Å². The summed E-state index contributed by atoms with van der Waals surface area (Å²) < 4.78 is 13.0. The van der Waals surface area contributed by atoms with Crippen molar-refractivity contribution >= 4 is 5.69 Å². The summed E-state index contributed by atoms with van der Waals surface area (Å²) in [6, 6.07) is 5.68. The predicted molar refractivity (Wildman–Crippen MR) is 45.8 cm³/mol. The quantitative estimate of drug-likeness (QED) is 0.399. The van der Waals surface area contributed by atoms with Crippen LogP contribution >= 0.6 is 0 Å². The molecule has 5 heteroatoms. The molecule has 4 nitrogen and oxygen atoms in total. The fourth-order valence-electron chi connectivity index (χ4n) is 0.818. The van der Waals surface area contributed by atoms with Gasteiger partial charge in [0.2, 0.25) is 0 Å². The molecule has 1 rings (SSSR count). The van der Waals surface area contributed by atoms with Gasteiger partial charge < -0.3 is 5.21 Å². The molecule has 13 heavy (non-hydrogen) atoms. The van der Waals surface area contributed by atoms with Gasteiger partial charge in [0.05, 0.1) is 19.3 Å². The molecule has 0 spiro atoms. The van der Waals surface area contributed by atoms with Crippen molar-refractivity contribution in [2.45, 2.75) is 0 Å². The standard InChI is InChI=1S/C8H10FN3O/c1-11(2)10-12(13)8-6-4-3-5-7(8)9/h3-6H,1-2H3. The largest absolute Gasteiger partial charge is 0.691 e. The molecule has 0 unspecified atom stereocenters. The topological polar surface area (TPSA) is 41.7 Å². The van der Waals surface area contributed by atoms with Crippen LogP contribution in [0, 0.1) is 11.0 Å². The van der Waals surface area contributed by atoms with Crippen LogP contribution in [-0.2, 0) is 0 Å². The average Bonchev–Trinajstić information content (AvgIpc) is 2.03. The van der Waals surface area contributed by atoms with Crippen molar-refractivity contribution in [2.75, 3.05) is 14.1 Å². The Balaban J connectivity index is 3.02. The zero-order chi connectivity index (χ0) is 9.84. The lowest BCUT2D eigenvalue weighted by molar-refractivity contribution is -0.461. The van der Waals surface area contributed by atoms with Crippen molar-refractivity contribution in [1.29, 1.82) is 0 Å². The fourth-order valence-corrected chi connectivity index (χ4v) is 0.818. The molecule has 0 bridgehead atoms. The number of rotatable bonds is 2. The Hall–Kier alpha value is -1.65. The maximum Gasteiger partial charge on any atom is 0.189 e. The Morgan fingerprint density at radius 3 is 2.54 bits per heavy atom. The normalized spacial score (nSPS) is 11.5. The van der Waals surface area contributed by atoms with E-state index < -0.39 is 5.82 Å². The third kappa shape index (κ3) is 2.40. The van der Waals surface area contributed by atoms with E-state index in [2.05, 4.69) is 5.22 Å². The van der Waals surface area contributed by atoms with Gasteiger partial charge in [0, 0.05) is 0 Å². The summed E-state index contributed by atoms with van der Waals surface area (Å²) in [6.07, 6.45) is 0. The molecule has 0 aliphatic heterocycles. The molecule has 0 N–H and O–H groups in total. The number of benzene rings is 1. The van der Waals surface area contributed by atoms with Crippen LogP contribution in [0.2, 0.25) is 0 Å². The number of hydrogen-bond acceptors (Lipinski definition) is 2. The van der Waals surface area contributed by atoms with E-state index in [-0.39, 0.29) is 10.5 Å². The lowest BCUT2D eigenvalue weighted by Crippen LogP contribution is -2.07. The van der Waals surface area contributed by atoms with Gasteiger partial charge in [0.1, 0.15) is 0 Å². The molecule has 0 heterocycles. The first-order valence-corrected chi connectivity index (χ1v) is 3.72. The van der Waals surface area contributed by atoms with Crippen LogP contribution < -0.4 is 0 Å². The summed E-state index contributed by atoms with van der Waals surface area (Å²) >= 11 is 0. The van der Waals surface area contributed by atoms with Gasteiger partial charge >= 0.3 is 0 Å². The highest BCUT2D eigenvalue weighted by Crippen LogP contribution is 2.15. The molecular formula is C8H10FN3O. The van der Waals surface area contributed by atoms with Crippen LogP contribution in [0.1, 0.15) is 0 Å². The van der Waals surface area contributed by atoms with Crippen molar-refractivity contribution in [3.8, 4) is 0 Å². The molecule has 0 fully saturated rings. The molecule has 0 saturated carbocycles. The highest BCUT2D eigenvalue weighted by atomic mass is 19.1. The molecule has 0 aromatic heterocycles. The van der Waals surface area contributed by atoms with Gasteiger partial charge in [-0.1, -0.05) is 12.1 Å². The smallest absolute Gasteiger partial charge is 0.189 e. The maximum atomic E-state index is 13.0. The van der Waals surface area contributed by atoms with Crippen molar-refractivity contribution < 1.29 is 9.25 Å². The Kier molecular flexibility index (Phi) is 2.79. The summed E-state index contributed by atoms with van der Waals surface area (Å²) in [5.74, 6) is -0.580. The van der Waals surface area contributed by atoms with Gasteiger partial charge in [-0.25, -0.2) is 4.39 Å². The second-order valence-corrected chi connectivity index (χ2v) is 2.66. The Morgan fingerprint density at radius 2 is 2.00 bits per heavy atom. The maximum absolute atomic E-state index is 13.0. The monoisotopic (exact) mass is 183 g/mol. The van der Waals surface area contributed by atoms with Gasteiger partial charge in [-0.3, -0.25) is 0 Å². The molecule has 0 amide bonds. The van der Waals surface area contributed by atoms with Gasteiger partial charge in [0.15, 0.2) is 11.5 Å². The summed E-state index contributed by atoms with van der Waals surface area (Å²) in [7, 11) is 3.18. The van der Waals surface area contributed by atoms with E-state index in [0.717, 1.165) is 0 Å². The molecule has 0 saturated heterocycles. The molecule has 1 aromatic rings. The molecule has 1 aromatic carbocycles. The Bertz CT molecular complexity index is 325. The predicted octanol–water partition coefficient (Wildman–Crippen LogP) is 1.90. The first-order chi connectivity index (χ1) is 6.11. The lowest BCUT2D eigenvalue weighted by Gasteiger charge is -2.07. The van der Waals surface area contributed by atoms with Gasteiger partial charge in [0.25, 0.3) is 0 Å². The molecule has 0 radical (unpaired) electrons. The first-order valence-electron chi connectivity index (χ1n) is 3.72. The fraction of sp³-hybridized carbons (Fsp3) is 0.250. The Labute approximate surface area is 75.5 Å². The molecule has 0 atom stereocenters. The highest BCUT2D eigenvalue weighted by molar-refractivity contribution is 5.30. The number of para-hydroxylation sites is 1. The van der Waals surface area contributed by atoms with Crippen molar-refractivity contribution in [3.63, 3.8) is 0 Å². The van der Waals surface area contributed by atoms with Crippen LogP contribution in [0.4, 0.5) is 10.1 Å². The van der Waals surface area contributed by atoms with E-state index in [1.807, 2.05) is 0 Å². The van der Waals surface area contributed by atoms with Crippen molar-refractivity contribution in [2.24, 2.45) is 5.22 Å². The number of nitrogens with zero attached hydrogens (tertiary/aromatic N) is 3. The minimum atomic E-state index is -0.580. The van der Waals surface area contributed by atoms with E-state index in [1.54, 1.807) is 20.2 Å². The molecule has 70 valence electrons. The minimum Gasteiger partial charge on any atom is -0.691 e. The first kappa shape index (κ1) is 9.44. The van der Waals surface area contributed by atoms with Crippen LogP contribution in [0.3, 0.4) is 0 Å². The van der Waals surface area contributed by atoms with Crippen LogP contribution in [-0.4, -0.2) is 24.0 Å². The van der Waals surface area contributed by atoms with Gasteiger partial charge in [-0.05, 0) is 12.1 Å². The lowest BCUT2D eigenvalue weighted by atomic mass is 10.3. The number of hydrogen-bond donors (Lipinski definition) is 0. The highest BCUT2D eigenvalue weighted by Gasteiger charge is 2.05. The van der Waals surface area contributed by atoms with E-state index in [9.17, 15) is 9.60 Å². The van der Waals surface area contributed by atoms with Crippen LogP contribution in [0.5, 0.6) is 0 Å². The van der Waals surface area contributed by atoms with Gasteiger partial charge in [-0.2, -0.15) is 5.01 Å². The van der Waals surface area contributed by atoms with E-state index in [4.69, 9.17) is 0 Å². The average molecular weight is 183 g/mol. The van der Waals surface area contributed by atoms with E-state index in [1.165, 1.54) is 23.2 Å². The summed E-state index contributed by atoms with van der Waals surface area (Å²) in [6.45, 7) is 0. The zero-order valence-corrected chi connectivity index (χ0v) is 7.44. The third-order valence-corrected chi connectivity index (χ3v) is 1.32. The second kappa shape index (κ2) is 3.84. The third-order valence-electron chi connectivity index (χ3n) is 1.32.